The predicted octanol–water partition coefficient (Wildman–Crippen LogP) is 3.42. The van der Waals surface area contributed by atoms with Gasteiger partial charge in [0.15, 0.2) is 0 Å². The number of carbonyl (C=O) groups is 1. The Kier molecular flexibility index (Phi) is 3.58. The summed E-state index contributed by atoms with van der Waals surface area (Å²) >= 11 is 0. The molecule has 4 aliphatic carbocycles. The highest BCUT2D eigenvalue weighted by Gasteiger charge is 2.61. The first-order valence-corrected chi connectivity index (χ1v) is 10.6. The second kappa shape index (κ2) is 5.42. The molecule has 5 rings (SSSR count). The summed E-state index contributed by atoms with van der Waals surface area (Å²) in [5.74, 6) is 2.88. The molecule has 5 aliphatic rings. The molecule has 138 valence electrons. The van der Waals surface area contributed by atoms with Crippen molar-refractivity contribution in [1.82, 2.24) is 4.90 Å². The van der Waals surface area contributed by atoms with Gasteiger partial charge in [0.2, 0.25) is 0 Å². The van der Waals surface area contributed by atoms with Gasteiger partial charge in [-0.25, -0.2) is 0 Å². The van der Waals surface area contributed by atoms with Crippen LogP contribution in [0.5, 0.6) is 0 Å². The Bertz CT molecular complexity index is 624. The molecule has 7 unspecified atom stereocenters. The Morgan fingerprint density at radius 2 is 1.92 bits per heavy atom. The molecule has 0 bridgehead atoms. The zero-order chi connectivity index (χ0) is 17.4. The van der Waals surface area contributed by atoms with Crippen molar-refractivity contribution in [3.63, 3.8) is 0 Å². The minimum absolute atomic E-state index is 0.0578. The summed E-state index contributed by atoms with van der Waals surface area (Å²) in [6.07, 6.45) is 9.90. The van der Waals surface area contributed by atoms with E-state index in [4.69, 9.17) is 0 Å². The molecule has 25 heavy (non-hydrogen) atoms. The minimum Gasteiger partial charge on any atom is -0.393 e. The maximum absolute atomic E-state index is 13.2. The summed E-state index contributed by atoms with van der Waals surface area (Å²) in [6, 6.07) is 0. The standard InChI is InChI=1S/C22H33NO2/c1-21-7-5-16(24)12-15(21)3-4-17-18(21)6-8-22(2)19(17)11-14(20(22)25)13-23-9-10-23/h3,14,16-19,24H,4-13H2,1-2H3. The van der Waals surface area contributed by atoms with E-state index in [1.165, 1.54) is 25.1 Å². The van der Waals surface area contributed by atoms with Crippen LogP contribution in [0.15, 0.2) is 11.6 Å². The van der Waals surface area contributed by atoms with Gasteiger partial charge >= 0.3 is 0 Å². The van der Waals surface area contributed by atoms with Crippen molar-refractivity contribution in [3.8, 4) is 0 Å². The fourth-order valence-electron chi connectivity index (χ4n) is 7.30. The quantitative estimate of drug-likeness (QED) is 0.617. The van der Waals surface area contributed by atoms with Crippen LogP contribution in [0.4, 0.5) is 0 Å². The molecule has 4 fully saturated rings. The maximum Gasteiger partial charge on any atom is 0.143 e. The van der Waals surface area contributed by atoms with Crippen molar-refractivity contribution in [3.05, 3.63) is 11.6 Å². The maximum atomic E-state index is 13.2. The van der Waals surface area contributed by atoms with E-state index in [9.17, 15) is 9.90 Å². The lowest BCUT2D eigenvalue weighted by Crippen LogP contribution is -2.50. The van der Waals surface area contributed by atoms with Gasteiger partial charge in [-0.15, -0.1) is 0 Å². The Labute approximate surface area is 151 Å². The van der Waals surface area contributed by atoms with E-state index < -0.39 is 0 Å². The smallest absolute Gasteiger partial charge is 0.143 e. The van der Waals surface area contributed by atoms with Crippen LogP contribution < -0.4 is 0 Å². The Hall–Kier alpha value is -0.670. The highest BCUT2D eigenvalue weighted by atomic mass is 16.3. The molecule has 0 aromatic rings. The Morgan fingerprint density at radius 3 is 2.68 bits per heavy atom. The minimum atomic E-state index is -0.130. The molecular weight excluding hydrogens is 310 g/mol. The number of fused-ring (bicyclic) bond motifs is 5. The van der Waals surface area contributed by atoms with Crippen LogP contribution >= 0.6 is 0 Å². The lowest BCUT2D eigenvalue weighted by molar-refractivity contribution is -0.134. The van der Waals surface area contributed by atoms with Crippen LogP contribution in [-0.2, 0) is 4.79 Å². The topological polar surface area (TPSA) is 40.3 Å². The van der Waals surface area contributed by atoms with E-state index in [2.05, 4.69) is 24.8 Å². The van der Waals surface area contributed by atoms with Gasteiger partial charge in [0, 0.05) is 31.0 Å². The number of hydrogen-bond donors (Lipinski definition) is 1. The van der Waals surface area contributed by atoms with Gasteiger partial charge in [-0.2, -0.15) is 0 Å². The summed E-state index contributed by atoms with van der Waals surface area (Å²) in [7, 11) is 0. The summed E-state index contributed by atoms with van der Waals surface area (Å²) in [6.45, 7) is 8.18. The predicted molar refractivity (Wildman–Crippen MR) is 98.0 cm³/mol. The number of hydrogen-bond acceptors (Lipinski definition) is 3. The number of nitrogens with zero attached hydrogens (tertiary/aromatic N) is 1. The van der Waals surface area contributed by atoms with E-state index in [0.29, 0.717) is 23.5 Å². The molecule has 3 heteroatoms. The van der Waals surface area contributed by atoms with Gasteiger partial charge in [0.05, 0.1) is 6.10 Å². The van der Waals surface area contributed by atoms with Crippen LogP contribution in [0.25, 0.3) is 0 Å². The van der Waals surface area contributed by atoms with Crippen LogP contribution in [0.3, 0.4) is 0 Å². The zero-order valence-corrected chi connectivity index (χ0v) is 15.8. The molecule has 0 spiro atoms. The molecule has 1 saturated heterocycles. The fraction of sp³-hybridized carbons (Fsp3) is 0.864. The monoisotopic (exact) mass is 343 g/mol. The summed E-state index contributed by atoms with van der Waals surface area (Å²) in [4.78, 5) is 15.7. The summed E-state index contributed by atoms with van der Waals surface area (Å²) in [5, 5.41) is 10.1. The number of ketones is 1. The third-order valence-electron chi connectivity index (χ3n) is 8.96. The lowest BCUT2D eigenvalue weighted by atomic mass is 9.48. The molecule has 0 radical (unpaired) electrons. The molecule has 7 atom stereocenters. The van der Waals surface area contributed by atoms with Crippen molar-refractivity contribution >= 4 is 5.78 Å². The van der Waals surface area contributed by atoms with Gasteiger partial charge in [-0.05, 0) is 68.1 Å². The average Bonchev–Trinajstić information content (AvgIpc) is 3.36. The van der Waals surface area contributed by atoms with Gasteiger partial charge in [-0.3, -0.25) is 4.79 Å². The highest BCUT2D eigenvalue weighted by molar-refractivity contribution is 5.89. The Balaban J connectivity index is 1.44. The summed E-state index contributed by atoms with van der Waals surface area (Å²) < 4.78 is 0. The fourth-order valence-corrected chi connectivity index (χ4v) is 7.30. The molecule has 0 aromatic heterocycles. The van der Waals surface area contributed by atoms with Crippen LogP contribution in [0.1, 0.15) is 58.8 Å². The number of carbonyl (C=O) groups excluding carboxylic acids is 1. The molecule has 3 nitrogen and oxygen atoms in total. The second-order valence-electron chi connectivity index (χ2n) is 10.2. The van der Waals surface area contributed by atoms with Crippen LogP contribution in [-0.4, -0.2) is 41.5 Å². The normalized spacial score (nSPS) is 52.2. The molecule has 1 aliphatic heterocycles. The van der Waals surface area contributed by atoms with Gasteiger partial charge in [0.25, 0.3) is 0 Å². The van der Waals surface area contributed by atoms with E-state index in [1.54, 1.807) is 0 Å². The molecule has 1 heterocycles. The number of allylic oxidation sites excluding steroid dienone is 1. The number of rotatable bonds is 2. The molecule has 1 N–H and O–H groups in total. The number of Topliss-reactive ketones (excluding diaryl/α,β-unsaturated/α-hetero) is 1. The first kappa shape index (κ1) is 16.5. The molecular formula is C22H33NO2. The first-order valence-electron chi connectivity index (χ1n) is 10.6. The van der Waals surface area contributed by atoms with Crippen molar-refractivity contribution in [2.45, 2.75) is 64.9 Å². The second-order valence-corrected chi connectivity index (χ2v) is 10.2. The van der Waals surface area contributed by atoms with E-state index in [1.807, 2.05) is 0 Å². The molecule has 3 saturated carbocycles. The van der Waals surface area contributed by atoms with Gasteiger partial charge in [0.1, 0.15) is 5.78 Å². The van der Waals surface area contributed by atoms with E-state index in [-0.39, 0.29) is 16.9 Å². The first-order chi connectivity index (χ1) is 11.9. The summed E-state index contributed by atoms with van der Waals surface area (Å²) in [5.41, 5.74) is 1.75. The van der Waals surface area contributed by atoms with Crippen molar-refractivity contribution in [2.24, 2.45) is 34.5 Å². The largest absolute Gasteiger partial charge is 0.393 e. The van der Waals surface area contributed by atoms with Gasteiger partial charge in [-0.1, -0.05) is 25.5 Å². The average molecular weight is 344 g/mol. The van der Waals surface area contributed by atoms with Crippen molar-refractivity contribution in [2.75, 3.05) is 19.6 Å². The van der Waals surface area contributed by atoms with Gasteiger partial charge < -0.3 is 10.0 Å². The number of aliphatic hydroxyl groups is 1. The van der Waals surface area contributed by atoms with E-state index in [0.717, 1.165) is 51.0 Å². The highest BCUT2D eigenvalue weighted by Crippen LogP contribution is 2.64. The van der Waals surface area contributed by atoms with Crippen molar-refractivity contribution in [1.29, 1.82) is 0 Å². The van der Waals surface area contributed by atoms with Crippen molar-refractivity contribution < 1.29 is 9.90 Å². The molecule has 0 amide bonds. The zero-order valence-electron chi connectivity index (χ0n) is 15.8. The lowest BCUT2D eigenvalue weighted by Gasteiger charge is -2.56. The SMILES string of the molecule is CC12CCC3C(CC=C4CC(O)CCC43C)C1CC(CN1CC1)C2=O. The number of aliphatic hydroxyl groups excluding tert-OH is 1. The molecule has 0 aromatic carbocycles. The van der Waals surface area contributed by atoms with Crippen LogP contribution in [0.2, 0.25) is 0 Å². The van der Waals surface area contributed by atoms with E-state index >= 15 is 0 Å². The third kappa shape index (κ3) is 2.34. The Morgan fingerprint density at radius 1 is 1.16 bits per heavy atom. The third-order valence-corrected chi connectivity index (χ3v) is 8.96. The van der Waals surface area contributed by atoms with Crippen LogP contribution in [0, 0.1) is 34.5 Å².